The van der Waals surface area contributed by atoms with E-state index in [4.69, 9.17) is 10.8 Å². The van der Waals surface area contributed by atoms with Gasteiger partial charge in [-0.05, 0) is 18.2 Å². The number of rotatable bonds is 4. The summed E-state index contributed by atoms with van der Waals surface area (Å²) in [6, 6.07) is 5.43. The van der Waals surface area contributed by atoms with Crippen molar-refractivity contribution in [2.24, 2.45) is 5.73 Å². The molecule has 6 heteroatoms. The van der Waals surface area contributed by atoms with Crippen LogP contribution in [-0.2, 0) is 9.84 Å². The van der Waals surface area contributed by atoms with Crippen LogP contribution in [0.1, 0.15) is 10.4 Å². The summed E-state index contributed by atoms with van der Waals surface area (Å²) in [5.41, 5.74) is 5.15. The largest absolute Gasteiger partial charge is 0.395 e. The number of sulfone groups is 1. The number of nitrogens with two attached hydrogens (primary N) is 1. The molecule has 3 N–H and O–H groups in total. The number of carbonyl (C=O) groups is 1. The van der Waals surface area contributed by atoms with Gasteiger partial charge in [0.25, 0.3) is 0 Å². The molecule has 0 aliphatic rings. The monoisotopic (exact) mass is 229 g/mol. The minimum absolute atomic E-state index is 0.00662. The number of aliphatic hydroxyl groups is 1. The fourth-order valence-corrected chi connectivity index (χ4v) is 2.15. The van der Waals surface area contributed by atoms with E-state index >= 15 is 0 Å². The summed E-state index contributed by atoms with van der Waals surface area (Å²) in [6.07, 6.45) is 0. The quantitative estimate of drug-likeness (QED) is 0.730. The minimum atomic E-state index is -3.52. The van der Waals surface area contributed by atoms with Crippen molar-refractivity contribution in [2.45, 2.75) is 4.90 Å². The first-order chi connectivity index (χ1) is 6.97. The Balaban J connectivity index is 3.16. The predicted octanol–water partition coefficient (Wildman–Crippen LogP) is -0.448. The maximum Gasteiger partial charge on any atom is 0.248 e. The van der Waals surface area contributed by atoms with Gasteiger partial charge in [-0.3, -0.25) is 4.79 Å². The van der Waals surface area contributed by atoms with E-state index in [9.17, 15) is 13.2 Å². The number of primary amides is 1. The molecule has 0 radical (unpaired) electrons. The Morgan fingerprint density at radius 2 is 2.07 bits per heavy atom. The lowest BCUT2D eigenvalue weighted by Gasteiger charge is -2.03. The van der Waals surface area contributed by atoms with Gasteiger partial charge in [-0.25, -0.2) is 8.42 Å². The lowest BCUT2D eigenvalue weighted by molar-refractivity contribution is 0.1000. The molecule has 0 saturated heterocycles. The minimum Gasteiger partial charge on any atom is -0.395 e. The van der Waals surface area contributed by atoms with E-state index in [2.05, 4.69) is 0 Å². The van der Waals surface area contributed by atoms with E-state index in [-0.39, 0.29) is 16.2 Å². The van der Waals surface area contributed by atoms with Crippen LogP contribution < -0.4 is 5.73 Å². The van der Waals surface area contributed by atoms with Gasteiger partial charge in [-0.1, -0.05) is 6.07 Å². The van der Waals surface area contributed by atoms with E-state index in [1.807, 2.05) is 0 Å². The molecule has 0 spiro atoms. The van der Waals surface area contributed by atoms with E-state index in [0.29, 0.717) is 0 Å². The smallest absolute Gasteiger partial charge is 0.248 e. The Morgan fingerprint density at radius 3 is 2.60 bits per heavy atom. The fourth-order valence-electron chi connectivity index (χ4n) is 1.08. The molecule has 1 rings (SSSR count). The van der Waals surface area contributed by atoms with Gasteiger partial charge in [0.05, 0.1) is 17.3 Å². The Labute approximate surface area is 87.4 Å². The molecule has 1 amide bonds. The lowest BCUT2D eigenvalue weighted by atomic mass is 10.2. The fraction of sp³-hybridized carbons (Fsp3) is 0.222. The normalized spacial score (nSPS) is 11.3. The molecular formula is C9H11NO4S. The zero-order valence-corrected chi connectivity index (χ0v) is 8.70. The van der Waals surface area contributed by atoms with Gasteiger partial charge in [-0.15, -0.1) is 0 Å². The van der Waals surface area contributed by atoms with Crippen LogP contribution in [0, 0.1) is 0 Å². The molecule has 0 fully saturated rings. The molecule has 0 aliphatic heterocycles. The second-order valence-corrected chi connectivity index (χ2v) is 5.04. The van der Waals surface area contributed by atoms with Crippen molar-refractivity contribution in [3.8, 4) is 0 Å². The second-order valence-electron chi connectivity index (χ2n) is 2.93. The highest BCUT2D eigenvalue weighted by Gasteiger charge is 2.14. The topological polar surface area (TPSA) is 97.5 Å². The molecule has 0 unspecified atom stereocenters. The molecule has 15 heavy (non-hydrogen) atoms. The summed E-state index contributed by atoms with van der Waals surface area (Å²) in [5.74, 6) is -1.05. The predicted molar refractivity (Wildman–Crippen MR) is 54.1 cm³/mol. The molecule has 0 bridgehead atoms. The van der Waals surface area contributed by atoms with Gasteiger partial charge in [0.1, 0.15) is 0 Å². The Bertz CT molecular complexity index is 467. The van der Waals surface area contributed by atoms with Crippen molar-refractivity contribution >= 4 is 15.7 Å². The third kappa shape index (κ3) is 2.77. The van der Waals surface area contributed by atoms with E-state index in [1.54, 1.807) is 0 Å². The molecule has 0 aliphatic carbocycles. The average Bonchev–Trinajstić information content (AvgIpc) is 2.18. The zero-order valence-electron chi connectivity index (χ0n) is 7.88. The SMILES string of the molecule is NC(=O)c1cccc(S(=O)(=O)CCO)c1. The Kier molecular flexibility index (Phi) is 3.43. The first-order valence-corrected chi connectivity index (χ1v) is 5.86. The van der Waals surface area contributed by atoms with Gasteiger partial charge in [0, 0.05) is 5.56 Å². The number of amides is 1. The lowest BCUT2D eigenvalue weighted by Crippen LogP contribution is -2.14. The third-order valence-corrected chi connectivity index (χ3v) is 3.53. The van der Waals surface area contributed by atoms with Crippen LogP contribution in [-0.4, -0.2) is 31.8 Å². The van der Waals surface area contributed by atoms with Gasteiger partial charge >= 0.3 is 0 Å². The first kappa shape index (κ1) is 11.7. The summed E-state index contributed by atoms with van der Waals surface area (Å²) < 4.78 is 23.0. The van der Waals surface area contributed by atoms with E-state index < -0.39 is 22.4 Å². The van der Waals surface area contributed by atoms with Crippen LogP contribution >= 0.6 is 0 Å². The Hall–Kier alpha value is -1.40. The van der Waals surface area contributed by atoms with Crippen molar-refractivity contribution in [1.29, 1.82) is 0 Å². The van der Waals surface area contributed by atoms with E-state index in [0.717, 1.165) is 0 Å². The maximum absolute atomic E-state index is 11.5. The Morgan fingerprint density at radius 1 is 1.40 bits per heavy atom. The summed E-state index contributed by atoms with van der Waals surface area (Å²) in [7, 11) is -3.52. The summed E-state index contributed by atoms with van der Waals surface area (Å²) in [4.78, 5) is 10.8. The van der Waals surface area contributed by atoms with Gasteiger partial charge in [-0.2, -0.15) is 0 Å². The number of aliphatic hydroxyl groups excluding tert-OH is 1. The van der Waals surface area contributed by atoms with Crippen molar-refractivity contribution in [1.82, 2.24) is 0 Å². The molecule has 1 aromatic carbocycles. The van der Waals surface area contributed by atoms with Gasteiger partial charge in [0.2, 0.25) is 5.91 Å². The molecule has 82 valence electrons. The zero-order chi connectivity index (χ0) is 11.5. The van der Waals surface area contributed by atoms with E-state index in [1.165, 1.54) is 24.3 Å². The highest BCUT2D eigenvalue weighted by Crippen LogP contribution is 2.12. The summed E-state index contributed by atoms with van der Waals surface area (Å²) in [5, 5.41) is 8.57. The molecular weight excluding hydrogens is 218 g/mol. The van der Waals surface area contributed by atoms with Gasteiger partial charge in [0.15, 0.2) is 9.84 Å². The van der Waals surface area contributed by atoms with Crippen LogP contribution in [0.4, 0.5) is 0 Å². The van der Waals surface area contributed by atoms with Gasteiger partial charge < -0.3 is 10.8 Å². The summed E-state index contributed by atoms with van der Waals surface area (Å²) >= 11 is 0. The average molecular weight is 229 g/mol. The van der Waals surface area contributed by atoms with Crippen LogP contribution in [0.2, 0.25) is 0 Å². The number of hydrogen-bond acceptors (Lipinski definition) is 4. The van der Waals surface area contributed by atoms with Crippen LogP contribution in [0.25, 0.3) is 0 Å². The van der Waals surface area contributed by atoms with Crippen molar-refractivity contribution in [2.75, 3.05) is 12.4 Å². The molecule has 0 aromatic heterocycles. The van der Waals surface area contributed by atoms with Crippen molar-refractivity contribution in [3.63, 3.8) is 0 Å². The summed E-state index contributed by atoms with van der Waals surface area (Å²) in [6.45, 7) is -0.455. The standard InChI is InChI=1S/C9H11NO4S/c10-9(12)7-2-1-3-8(6-7)15(13,14)5-4-11/h1-3,6,11H,4-5H2,(H2,10,12). The maximum atomic E-state index is 11.5. The van der Waals surface area contributed by atoms with Crippen molar-refractivity contribution < 1.29 is 18.3 Å². The highest BCUT2D eigenvalue weighted by atomic mass is 32.2. The highest BCUT2D eigenvalue weighted by molar-refractivity contribution is 7.91. The second kappa shape index (κ2) is 4.41. The van der Waals surface area contributed by atoms with Crippen molar-refractivity contribution in [3.05, 3.63) is 29.8 Å². The third-order valence-electron chi connectivity index (χ3n) is 1.84. The molecule has 0 atom stereocenters. The van der Waals surface area contributed by atoms with Crippen LogP contribution in [0.15, 0.2) is 29.2 Å². The first-order valence-electron chi connectivity index (χ1n) is 4.21. The van der Waals surface area contributed by atoms with Crippen LogP contribution in [0.5, 0.6) is 0 Å². The number of benzene rings is 1. The molecule has 1 aromatic rings. The van der Waals surface area contributed by atoms with Crippen LogP contribution in [0.3, 0.4) is 0 Å². The number of hydrogen-bond donors (Lipinski definition) is 2. The molecule has 0 heterocycles. The number of carbonyl (C=O) groups excluding carboxylic acids is 1. The molecule has 0 saturated carbocycles. The molecule has 5 nitrogen and oxygen atoms in total.